The zero-order valence-corrected chi connectivity index (χ0v) is 16.5. The molecule has 0 radical (unpaired) electrons. The number of fused-ring (bicyclic) bond motifs is 1. The van der Waals surface area contributed by atoms with Crippen molar-refractivity contribution in [3.8, 4) is 17.2 Å². The van der Waals surface area contributed by atoms with E-state index in [0.29, 0.717) is 30.9 Å². The van der Waals surface area contributed by atoms with Crippen molar-refractivity contribution in [2.24, 2.45) is 0 Å². The van der Waals surface area contributed by atoms with Crippen LogP contribution in [-0.2, 0) is 0 Å². The number of para-hydroxylation sites is 2. The van der Waals surface area contributed by atoms with Gasteiger partial charge in [0.15, 0.2) is 0 Å². The molecule has 0 bridgehead atoms. The monoisotopic (exact) mass is 398 g/mol. The first-order valence-corrected chi connectivity index (χ1v) is 9.87. The molecule has 4 rings (SSSR count). The number of ether oxygens (including phenoxy) is 2. The highest BCUT2D eigenvalue weighted by molar-refractivity contribution is 5.94. The molecular weight excluding hydrogens is 376 g/mol. The first-order valence-electron chi connectivity index (χ1n) is 9.87. The van der Waals surface area contributed by atoms with Crippen molar-refractivity contribution in [2.45, 2.75) is 6.42 Å². The number of carbonyl (C=O) groups excluding carboxylic acids is 1. The van der Waals surface area contributed by atoms with Crippen molar-refractivity contribution < 1.29 is 14.3 Å². The Balaban J connectivity index is 1.23. The summed E-state index contributed by atoms with van der Waals surface area (Å²) < 4.78 is 11.6. The Morgan fingerprint density at radius 2 is 1.60 bits per heavy atom. The standard InChI is InChI=1S/C25H22N2O3/c28-25(20-12-14-22(15-13-20)30-21-9-2-1-3-10-21)27-17-6-18-29-23-11-4-7-19-8-5-16-26-24(19)23/h1-5,7-16H,6,17-18H2,(H,27,28). The zero-order chi connectivity index (χ0) is 20.6. The van der Waals surface area contributed by atoms with Gasteiger partial charge in [-0.1, -0.05) is 36.4 Å². The van der Waals surface area contributed by atoms with Crippen LogP contribution in [0.3, 0.4) is 0 Å². The van der Waals surface area contributed by atoms with Crippen LogP contribution in [0.25, 0.3) is 10.9 Å². The van der Waals surface area contributed by atoms with Crippen LogP contribution in [0.5, 0.6) is 17.2 Å². The number of amides is 1. The average Bonchev–Trinajstić information content (AvgIpc) is 2.80. The van der Waals surface area contributed by atoms with E-state index in [-0.39, 0.29) is 5.91 Å². The molecule has 5 nitrogen and oxygen atoms in total. The summed E-state index contributed by atoms with van der Waals surface area (Å²) in [5, 5.41) is 3.96. The molecule has 1 aromatic heterocycles. The summed E-state index contributed by atoms with van der Waals surface area (Å²) in [6, 6.07) is 26.4. The summed E-state index contributed by atoms with van der Waals surface area (Å²) in [5.74, 6) is 2.09. The van der Waals surface area contributed by atoms with Gasteiger partial charge in [0.05, 0.1) is 6.61 Å². The van der Waals surface area contributed by atoms with Gasteiger partial charge in [-0.3, -0.25) is 9.78 Å². The van der Waals surface area contributed by atoms with Gasteiger partial charge in [-0.05, 0) is 55.0 Å². The number of nitrogens with zero attached hydrogens (tertiary/aromatic N) is 1. The number of carbonyl (C=O) groups is 1. The summed E-state index contributed by atoms with van der Waals surface area (Å²) in [4.78, 5) is 16.7. The third kappa shape index (κ3) is 4.94. The van der Waals surface area contributed by atoms with E-state index in [9.17, 15) is 4.79 Å². The topological polar surface area (TPSA) is 60.5 Å². The SMILES string of the molecule is O=C(NCCCOc1cccc2cccnc12)c1ccc(Oc2ccccc2)cc1. The summed E-state index contributed by atoms with van der Waals surface area (Å²) in [6.07, 6.45) is 2.45. The Morgan fingerprint density at radius 1 is 0.833 bits per heavy atom. The van der Waals surface area contributed by atoms with Crippen molar-refractivity contribution in [2.75, 3.05) is 13.2 Å². The van der Waals surface area contributed by atoms with Crippen LogP contribution in [0.4, 0.5) is 0 Å². The molecule has 0 saturated carbocycles. The molecule has 4 aromatic rings. The second-order valence-electron chi connectivity index (χ2n) is 6.73. The quantitative estimate of drug-likeness (QED) is 0.413. The van der Waals surface area contributed by atoms with Gasteiger partial charge < -0.3 is 14.8 Å². The number of aromatic nitrogens is 1. The van der Waals surface area contributed by atoms with E-state index in [1.54, 1.807) is 30.5 Å². The predicted octanol–water partition coefficient (Wildman–Crippen LogP) is 5.23. The molecule has 0 unspecified atom stereocenters. The highest BCUT2D eigenvalue weighted by Crippen LogP contribution is 2.23. The van der Waals surface area contributed by atoms with E-state index in [2.05, 4.69) is 10.3 Å². The average molecular weight is 398 g/mol. The Kier molecular flexibility index (Phi) is 6.20. The van der Waals surface area contributed by atoms with E-state index in [0.717, 1.165) is 22.4 Å². The molecule has 1 heterocycles. The lowest BCUT2D eigenvalue weighted by Gasteiger charge is -2.10. The van der Waals surface area contributed by atoms with Crippen molar-refractivity contribution >= 4 is 16.8 Å². The van der Waals surface area contributed by atoms with Crippen LogP contribution in [0.2, 0.25) is 0 Å². The highest BCUT2D eigenvalue weighted by Gasteiger charge is 2.06. The third-order valence-corrected chi connectivity index (χ3v) is 4.56. The van der Waals surface area contributed by atoms with Gasteiger partial charge in [0.25, 0.3) is 5.91 Å². The number of hydrogen-bond donors (Lipinski definition) is 1. The molecule has 0 spiro atoms. The number of hydrogen-bond acceptors (Lipinski definition) is 4. The third-order valence-electron chi connectivity index (χ3n) is 4.56. The molecule has 1 N–H and O–H groups in total. The molecule has 0 saturated heterocycles. The molecule has 0 aliphatic rings. The normalized spacial score (nSPS) is 10.5. The molecule has 0 aliphatic heterocycles. The number of benzene rings is 3. The van der Waals surface area contributed by atoms with Crippen molar-refractivity contribution in [3.05, 3.63) is 96.7 Å². The maximum atomic E-state index is 12.3. The molecule has 3 aromatic carbocycles. The second-order valence-corrected chi connectivity index (χ2v) is 6.73. The van der Waals surface area contributed by atoms with Crippen LogP contribution in [0.15, 0.2) is 91.1 Å². The van der Waals surface area contributed by atoms with Gasteiger partial charge in [0.1, 0.15) is 22.8 Å². The molecule has 0 aliphatic carbocycles. The lowest BCUT2D eigenvalue weighted by Crippen LogP contribution is -2.25. The fourth-order valence-corrected chi connectivity index (χ4v) is 3.05. The second kappa shape index (κ2) is 9.56. The molecule has 5 heteroatoms. The van der Waals surface area contributed by atoms with Crippen LogP contribution in [-0.4, -0.2) is 24.0 Å². The highest BCUT2D eigenvalue weighted by atomic mass is 16.5. The van der Waals surface area contributed by atoms with E-state index in [1.807, 2.05) is 60.7 Å². The molecule has 30 heavy (non-hydrogen) atoms. The minimum Gasteiger partial charge on any atom is -0.491 e. The van der Waals surface area contributed by atoms with Gasteiger partial charge in [-0.15, -0.1) is 0 Å². The zero-order valence-electron chi connectivity index (χ0n) is 16.5. The maximum Gasteiger partial charge on any atom is 0.251 e. The van der Waals surface area contributed by atoms with Crippen molar-refractivity contribution in [1.29, 1.82) is 0 Å². The largest absolute Gasteiger partial charge is 0.491 e. The van der Waals surface area contributed by atoms with Crippen LogP contribution < -0.4 is 14.8 Å². The molecule has 0 atom stereocenters. The number of nitrogens with one attached hydrogen (secondary N) is 1. The summed E-state index contributed by atoms with van der Waals surface area (Å²) in [6.45, 7) is 1.03. The minimum atomic E-state index is -0.118. The lowest BCUT2D eigenvalue weighted by atomic mass is 10.2. The van der Waals surface area contributed by atoms with Gasteiger partial charge in [-0.2, -0.15) is 0 Å². The molecule has 1 amide bonds. The number of pyridine rings is 1. The van der Waals surface area contributed by atoms with Crippen LogP contribution >= 0.6 is 0 Å². The lowest BCUT2D eigenvalue weighted by molar-refractivity contribution is 0.0951. The molecule has 150 valence electrons. The van der Waals surface area contributed by atoms with Crippen molar-refractivity contribution in [1.82, 2.24) is 10.3 Å². The minimum absolute atomic E-state index is 0.118. The first kappa shape index (κ1) is 19.5. The fourth-order valence-electron chi connectivity index (χ4n) is 3.05. The van der Waals surface area contributed by atoms with Crippen LogP contribution in [0, 0.1) is 0 Å². The van der Waals surface area contributed by atoms with E-state index in [4.69, 9.17) is 9.47 Å². The maximum absolute atomic E-state index is 12.3. The van der Waals surface area contributed by atoms with Gasteiger partial charge >= 0.3 is 0 Å². The van der Waals surface area contributed by atoms with E-state index < -0.39 is 0 Å². The summed E-state index contributed by atoms with van der Waals surface area (Å²) in [7, 11) is 0. The number of rotatable bonds is 8. The van der Waals surface area contributed by atoms with Crippen LogP contribution in [0.1, 0.15) is 16.8 Å². The predicted molar refractivity (Wildman–Crippen MR) is 117 cm³/mol. The summed E-state index contributed by atoms with van der Waals surface area (Å²) in [5.41, 5.74) is 1.44. The Morgan fingerprint density at radius 3 is 2.43 bits per heavy atom. The fraction of sp³-hybridized carbons (Fsp3) is 0.120. The van der Waals surface area contributed by atoms with E-state index >= 15 is 0 Å². The molecule has 0 fully saturated rings. The Bertz CT molecular complexity index is 1110. The van der Waals surface area contributed by atoms with Crippen molar-refractivity contribution in [3.63, 3.8) is 0 Å². The van der Waals surface area contributed by atoms with E-state index in [1.165, 1.54) is 0 Å². The van der Waals surface area contributed by atoms with Gasteiger partial charge in [-0.25, -0.2) is 0 Å². The Labute approximate surface area is 175 Å². The Hall–Kier alpha value is -3.86. The molecular formula is C25H22N2O3. The van der Waals surface area contributed by atoms with Gasteiger partial charge in [0.2, 0.25) is 0 Å². The smallest absolute Gasteiger partial charge is 0.251 e. The van der Waals surface area contributed by atoms with Gasteiger partial charge in [0, 0.05) is 23.7 Å². The first-order chi connectivity index (χ1) is 14.8. The summed E-state index contributed by atoms with van der Waals surface area (Å²) >= 11 is 0.